The molecule has 5 nitrogen and oxygen atoms in total. The Bertz CT molecular complexity index is 354. The first-order valence-corrected chi connectivity index (χ1v) is 5.55. The van der Waals surface area contributed by atoms with Crippen LogP contribution in [0, 0.1) is 6.92 Å². The first kappa shape index (κ1) is 12.7. The third-order valence-electron chi connectivity index (χ3n) is 2.47. The van der Waals surface area contributed by atoms with E-state index in [4.69, 9.17) is 10.8 Å². The number of aryl methyl sites for hydroxylation is 1. The van der Waals surface area contributed by atoms with Crippen LogP contribution in [0.2, 0.25) is 0 Å². The van der Waals surface area contributed by atoms with Crippen molar-refractivity contribution >= 4 is 11.6 Å². The van der Waals surface area contributed by atoms with Crippen LogP contribution in [-0.4, -0.2) is 35.3 Å². The first-order chi connectivity index (χ1) is 7.60. The molecule has 5 heteroatoms. The van der Waals surface area contributed by atoms with E-state index >= 15 is 0 Å². The molecule has 1 aromatic rings. The number of rotatable bonds is 5. The van der Waals surface area contributed by atoms with Gasteiger partial charge in [-0.15, -0.1) is 0 Å². The van der Waals surface area contributed by atoms with E-state index in [0.717, 1.165) is 30.0 Å². The fourth-order valence-electron chi connectivity index (χ4n) is 1.53. The number of aromatic nitrogens is 2. The van der Waals surface area contributed by atoms with Crippen molar-refractivity contribution < 1.29 is 5.11 Å². The van der Waals surface area contributed by atoms with Gasteiger partial charge in [0.15, 0.2) is 0 Å². The molecule has 0 saturated carbocycles. The summed E-state index contributed by atoms with van der Waals surface area (Å²) in [6, 6.07) is 0. The van der Waals surface area contributed by atoms with Crippen molar-refractivity contribution in [3.8, 4) is 0 Å². The topological polar surface area (TPSA) is 75.3 Å². The number of nitrogen functional groups attached to an aromatic ring is 1. The summed E-state index contributed by atoms with van der Waals surface area (Å²) in [5.41, 5.74) is 6.72. The van der Waals surface area contributed by atoms with E-state index in [0.29, 0.717) is 12.4 Å². The van der Waals surface area contributed by atoms with Gasteiger partial charge in [-0.25, -0.2) is 9.97 Å². The van der Waals surface area contributed by atoms with Crippen molar-refractivity contribution in [2.45, 2.75) is 26.7 Å². The molecule has 0 aliphatic rings. The molecule has 3 N–H and O–H groups in total. The average molecular weight is 224 g/mol. The van der Waals surface area contributed by atoms with Gasteiger partial charge in [-0.3, -0.25) is 0 Å². The first-order valence-electron chi connectivity index (χ1n) is 5.55. The number of aliphatic hydroxyl groups is 1. The SMILES string of the molecule is CCCc1nc(N)c(C)c(N(C)CCO)n1. The van der Waals surface area contributed by atoms with E-state index in [2.05, 4.69) is 16.9 Å². The van der Waals surface area contributed by atoms with Crippen LogP contribution < -0.4 is 10.6 Å². The summed E-state index contributed by atoms with van der Waals surface area (Å²) < 4.78 is 0. The summed E-state index contributed by atoms with van der Waals surface area (Å²) in [6.07, 6.45) is 1.82. The Hall–Kier alpha value is -1.36. The van der Waals surface area contributed by atoms with Crippen molar-refractivity contribution in [1.82, 2.24) is 9.97 Å². The largest absolute Gasteiger partial charge is 0.395 e. The fraction of sp³-hybridized carbons (Fsp3) is 0.636. The molecule has 0 radical (unpaired) electrons. The Labute approximate surface area is 96.3 Å². The molecule has 1 rings (SSSR count). The van der Waals surface area contributed by atoms with Gasteiger partial charge in [-0.1, -0.05) is 6.92 Å². The van der Waals surface area contributed by atoms with Crippen molar-refractivity contribution in [2.75, 3.05) is 30.8 Å². The lowest BCUT2D eigenvalue weighted by molar-refractivity contribution is 0.303. The minimum absolute atomic E-state index is 0.100. The highest BCUT2D eigenvalue weighted by molar-refractivity contribution is 5.56. The van der Waals surface area contributed by atoms with Gasteiger partial charge in [0, 0.05) is 25.6 Å². The van der Waals surface area contributed by atoms with Crippen LogP contribution in [0.25, 0.3) is 0 Å². The van der Waals surface area contributed by atoms with Crippen LogP contribution >= 0.6 is 0 Å². The van der Waals surface area contributed by atoms with Gasteiger partial charge in [0.2, 0.25) is 0 Å². The lowest BCUT2D eigenvalue weighted by Crippen LogP contribution is -2.24. The molecule has 0 aliphatic heterocycles. The number of hydrogen-bond donors (Lipinski definition) is 2. The lowest BCUT2D eigenvalue weighted by Gasteiger charge is -2.20. The predicted octanol–water partition coefficient (Wildman–Crippen LogP) is 0.748. The Morgan fingerprint density at radius 1 is 1.38 bits per heavy atom. The number of nitrogens with two attached hydrogens (primary N) is 1. The summed E-state index contributed by atoms with van der Waals surface area (Å²) in [5.74, 6) is 2.11. The van der Waals surface area contributed by atoms with Crippen molar-refractivity contribution in [1.29, 1.82) is 0 Å². The van der Waals surface area contributed by atoms with Gasteiger partial charge >= 0.3 is 0 Å². The number of nitrogens with zero attached hydrogens (tertiary/aromatic N) is 3. The quantitative estimate of drug-likeness (QED) is 0.772. The van der Waals surface area contributed by atoms with Crippen molar-refractivity contribution in [2.24, 2.45) is 0 Å². The third-order valence-corrected chi connectivity index (χ3v) is 2.47. The minimum Gasteiger partial charge on any atom is -0.395 e. The number of aliphatic hydroxyl groups excluding tert-OH is 1. The second-order valence-electron chi connectivity index (χ2n) is 3.87. The normalized spacial score (nSPS) is 10.5. The minimum atomic E-state index is 0.100. The summed E-state index contributed by atoms with van der Waals surface area (Å²) in [4.78, 5) is 10.6. The van der Waals surface area contributed by atoms with Crippen LogP contribution in [0.4, 0.5) is 11.6 Å². The molecule has 0 spiro atoms. The second-order valence-corrected chi connectivity index (χ2v) is 3.87. The smallest absolute Gasteiger partial charge is 0.137 e. The molecule has 0 atom stereocenters. The van der Waals surface area contributed by atoms with E-state index < -0.39 is 0 Å². The summed E-state index contributed by atoms with van der Waals surface area (Å²) >= 11 is 0. The molecule has 0 saturated heterocycles. The second kappa shape index (κ2) is 5.65. The monoisotopic (exact) mass is 224 g/mol. The van der Waals surface area contributed by atoms with E-state index in [1.54, 1.807) is 0 Å². The van der Waals surface area contributed by atoms with E-state index in [-0.39, 0.29) is 6.61 Å². The molecule has 0 amide bonds. The van der Waals surface area contributed by atoms with Gasteiger partial charge in [0.1, 0.15) is 17.5 Å². The van der Waals surface area contributed by atoms with Crippen LogP contribution in [0.3, 0.4) is 0 Å². The Balaban J connectivity index is 3.05. The van der Waals surface area contributed by atoms with Crippen LogP contribution in [0.15, 0.2) is 0 Å². The molecule has 1 heterocycles. The molecule has 16 heavy (non-hydrogen) atoms. The van der Waals surface area contributed by atoms with Crippen LogP contribution in [0.1, 0.15) is 24.7 Å². The standard InChI is InChI=1S/C11H20N4O/c1-4-5-9-13-10(12)8(2)11(14-9)15(3)6-7-16/h16H,4-7H2,1-3H3,(H2,12,13,14). The molecule has 0 aliphatic carbocycles. The van der Waals surface area contributed by atoms with E-state index in [9.17, 15) is 0 Å². The van der Waals surface area contributed by atoms with E-state index in [1.807, 2.05) is 18.9 Å². The maximum atomic E-state index is 8.91. The summed E-state index contributed by atoms with van der Waals surface area (Å²) in [6.45, 7) is 4.62. The maximum Gasteiger partial charge on any atom is 0.137 e. The Morgan fingerprint density at radius 3 is 2.62 bits per heavy atom. The third kappa shape index (κ3) is 2.82. The summed E-state index contributed by atoms with van der Waals surface area (Å²) in [5, 5.41) is 8.91. The zero-order valence-corrected chi connectivity index (χ0v) is 10.2. The van der Waals surface area contributed by atoms with Gasteiger partial charge in [-0.05, 0) is 13.3 Å². The maximum absolute atomic E-state index is 8.91. The van der Waals surface area contributed by atoms with Crippen LogP contribution in [-0.2, 0) is 6.42 Å². The van der Waals surface area contributed by atoms with Crippen molar-refractivity contribution in [3.05, 3.63) is 11.4 Å². The van der Waals surface area contributed by atoms with Gasteiger partial charge in [-0.2, -0.15) is 0 Å². The number of likely N-dealkylation sites (N-methyl/N-ethyl adjacent to an activating group) is 1. The molecule has 1 aromatic heterocycles. The highest BCUT2D eigenvalue weighted by Gasteiger charge is 2.11. The predicted molar refractivity (Wildman–Crippen MR) is 65.5 cm³/mol. The Kier molecular flexibility index (Phi) is 4.49. The van der Waals surface area contributed by atoms with Gasteiger partial charge in [0.25, 0.3) is 0 Å². The molecule has 0 bridgehead atoms. The molecule has 0 aromatic carbocycles. The molecular formula is C11H20N4O. The molecule has 0 fully saturated rings. The average Bonchev–Trinajstić information content (AvgIpc) is 2.23. The Morgan fingerprint density at radius 2 is 2.06 bits per heavy atom. The van der Waals surface area contributed by atoms with Gasteiger partial charge in [0.05, 0.1) is 6.61 Å². The molecular weight excluding hydrogens is 204 g/mol. The zero-order chi connectivity index (χ0) is 12.1. The lowest BCUT2D eigenvalue weighted by atomic mass is 10.2. The van der Waals surface area contributed by atoms with E-state index in [1.165, 1.54) is 0 Å². The van der Waals surface area contributed by atoms with Gasteiger partial charge < -0.3 is 15.7 Å². The van der Waals surface area contributed by atoms with Crippen molar-refractivity contribution in [3.63, 3.8) is 0 Å². The number of hydrogen-bond acceptors (Lipinski definition) is 5. The highest BCUT2D eigenvalue weighted by atomic mass is 16.3. The highest BCUT2D eigenvalue weighted by Crippen LogP contribution is 2.20. The zero-order valence-electron chi connectivity index (χ0n) is 10.2. The fourth-order valence-corrected chi connectivity index (χ4v) is 1.53. The molecule has 90 valence electrons. The van der Waals surface area contributed by atoms with Crippen LogP contribution in [0.5, 0.6) is 0 Å². The summed E-state index contributed by atoms with van der Waals surface area (Å²) in [7, 11) is 1.89. The number of anilines is 2. The molecule has 0 unspecified atom stereocenters.